The van der Waals surface area contributed by atoms with E-state index in [0.717, 1.165) is 12.0 Å². The molecule has 0 aliphatic heterocycles. The Labute approximate surface area is 90.1 Å². The Morgan fingerprint density at radius 2 is 1.67 bits per heavy atom. The van der Waals surface area contributed by atoms with Crippen LogP contribution in [0.3, 0.4) is 0 Å². The third-order valence-corrected chi connectivity index (χ3v) is 3.36. The zero-order valence-electron chi connectivity index (χ0n) is 8.96. The van der Waals surface area contributed by atoms with Gasteiger partial charge >= 0.3 is 0 Å². The lowest BCUT2D eigenvalue weighted by Crippen LogP contribution is -1.96. The van der Waals surface area contributed by atoms with Crippen molar-refractivity contribution in [1.29, 1.82) is 0 Å². The normalized spacial score (nSPS) is 17.1. The number of fused-ring (bicyclic) bond motifs is 3. The maximum Gasteiger partial charge on any atom is 0.134 e. The van der Waals surface area contributed by atoms with Crippen LogP contribution in [0.15, 0.2) is 28.7 Å². The molecule has 15 heavy (non-hydrogen) atoms. The van der Waals surface area contributed by atoms with Gasteiger partial charge in [-0.2, -0.15) is 0 Å². The first kappa shape index (κ1) is 9.02. The maximum absolute atomic E-state index is 5.93. The highest BCUT2D eigenvalue weighted by atomic mass is 16.3. The van der Waals surface area contributed by atoms with Crippen molar-refractivity contribution in [3.05, 3.63) is 35.6 Å². The van der Waals surface area contributed by atoms with Gasteiger partial charge in [-0.3, -0.25) is 0 Å². The maximum atomic E-state index is 5.93. The molecule has 0 atom stereocenters. The second-order valence-corrected chi connectivity index (χ2v) is 4.41. The summed E-state index contributed by atoms with van der Waals surface area (Å²) in [5.41, 5.74) is 2.55. The van der Waals surface area contributed by atoms with Crippen LogP contribution in [-0.2, 0) is 12.8 Å². The van der Waals surface area contributed by atoms with Crippen molar-refractivity contribution < 1.29 is 4.42 Å². The molecule has 1 aromatic carbocycles. The van der Waals surface area contributed by atoms with Crippen LogP contribution in [0.1, 0.15) is 37.0 Å². The summed E-state index contributed by atoms with van der Waals surface area (Å²) in [6.07, 6.45) is 7.66. The minimum Gasteiger partial charge on any atom is -0.461 e. The van der Waals surface area contributed by atoms with Crippen LogP contribution in [0.4, 0.5) is 0 Å². The summed E-state index contributed by atoms with van der Waals surface area (Å²) in [7, 11) is 0. The number of hydrogen-bond donors (Lipinski definition) is 0. The smallest absolute Gasteiger partial charge is 0.134 e. The molecule has 0 N–H and O–H groups in total. The Kier molecular flexibility index (Phi) is 2.24. The van der Waals surface area contributed by atoms with Gasteiger partial charge in [-0.15, -0.1) is 0 Å². The first-order chi connectivity index (χ1) is 7.45. The molecule has 0 bridgehead atoms. The zero-order valence-corrected chi connectivity index (χ0v) is 8.96. The molecule has 1 aliphatic carbocycles. The third kappa shape index (κ3) is 1.56. The highest BCUT2D eigenvalue weighted by molar-refractivity contribution is 5.82. The van der Waals surface area contributed by atoms with Crippen LogP contribution in [0.5, 0.6) is 0 Å². The van der Waals surface area contributed by atoms with E-state index in [0.29, 0.717) is 0 Å². The molecular weight excluding hydrogens is 184 g/mol. The quantitative estimate of drug-likeness (QED) is 0.624. The van der Waals surface area contributed by atoms with Crippen LogP contribution >= 0.6 is 0 Å². The van der Waals surface area contributed by atoms with Gasteiger partial charge in [0, 0.05) is 17.4 Å². The Balaban J connectivity index is 2.15. The first-order valence-corrected chi connectivity index (χ1v) is 5.94. The average molecular weight is 200 g/mol. The summed E-state index contributed by atoms with van der Waals surface area (Å²) < 4.78 is 5.93. The number of hydrogen-bond acceptors (Lipinski definition) is 1. The molecule has 2 aromatic rings. The molecule has 1 aliphatic rings. The van der Waals surface area contributed by atoms with Crippen molar-refractivity contribution in [3.8, 4) is 0 Å². The van der Waals surface area contributed by atoms with Crippen LogP contribution < -0.4 is 0 Å². The molecule has 0 amide bonds. The number of para-hydroxylation sites is 1. The van der Waals surface area contributed by atoms with Crippen molar-refractivity contribution in [2.45, 2.75) is 38.5 Å². The largest absolute Gasteiger partial charge is 0.461 e. The fraction of sp³-hybridized carbons (Fsp3) is 0.429. The van der Waals surface area contributed by atoms with Gasteiger partial charge in [0.15, 0.2) is 0 Å². The average Bonchev–Trinajstić information content (AvgIpc) is 2.55. The van der Waals surface area contributed by atoms with Gasteiger partial charge in [0.2, 0.25) is 0 Å². The minimum absolute atomic E-state index is 1.07. The molecule has 0 saturated heterocycles. The second-order valence-electron chi connectivity index (χ2n) is 4.41. The van der Waals surface area contributed by atoms with Crippen molar-refractivity contribution in [2.75, 3.05) is 0 Å². The molecule has 1 aromatic heterocycles. The summed E-state index contributed by atoms with van der Waals surface area (Å²) >= 11 is 0. The van der Waals surface area contributed by atoms with Gasteiger partial charge in [0.05, 0.1) is 0 Å². The van der Waals surface area contributed by atoms with Crippen LogP contribution in [0, 0.1) is 0 Å². The van der Waals surface area contributed by atoms with Crippen molar-refractivity contribution >= 4 is 11.0 Å². The SMILES string of the molecule is c1ccc2c3c(oc2c1)CCCCCC3. The highest BCUT2D eigenvalue weighted by Gasteiger charge is 2.14. The number of benzene rings is 1. The van der Waals surface area contributed by atoms with E-state index in [1.165, 1.54) is 48.8 Å². The summed E-state index contributed by atoms with van der Waals surface area (Å²) in [5, 5.41) is 1.34. The predicted molar refractivity (Wildman–Crippen MR) is 62.1 cm³/mol. The fourth-order valence-electron chi connectivity index (χ4n) is 2.57. The van der Waals surface area contributed by atoms with Gasteiger partial charge in [-0.1, -0.05) is 31.0 Å². The van der Waals surface area contributed by atoms with Gasteiger partial charge in [-0.25, -0.2) is 0 Å². The summed E-state index contributed by atoms with van der Waals surface area (Å²) in [6.45, 7) is 0. The topological polar surface area (TPSA) is 13.1 Å². The van der Waals surface area contributed by atoms with Crippen LogP contribution in [0.25, 0.3) is 11.0 Å². The Morgan fingerprint density at radius 1 is 0.867 bits per heavy atom. The van der Waals surface area contributed by atoms with E-state index in [-0.39, 0.29) is 0 Å². The van der Waals surface area contributed by atoms with Crippen molar-refractivity contribution in [3.63, 3.8) is 0 Å². The molecule has 1 heterocycles. The summed E-state index contributed by atoms with van der Waals surface area (Å²) in [4.78, 5) is 0. The predicted octanol–water partition coefficient (Wildman–Crippen LogP) is 4.09. The highest BCUT2D eigenvalue weighted by Crippen LogP contribution is 2.30. The van der Waals surface area contributed by atoms with E-state index in [1.54, 1.807) is 0 Å². The molecule has 1 nitrogen and oxygen atoms in total. The Hall–Kier alpha value is -1.24. The summed E-state index contributed by atoms with van der Waals surface area (Å²) in [5.74, 6) is 1.25. The fourth-order valence-corrected chi connectivity index (χ4v) is 2.57. The monoisotopic (exact) mass is 200 g/mol. The molecular formula is C14H16O. The van der Waals surface area contributed by atoms with Gasteiger partial charge in [0.1, 0.15) is 11.3 Å². The Bertz CT molecular complexity index is 467. The minimum atomic E-state index is 1.07. The second kappa shape index (κ2) is 3.73. The number of furan rings is 1. The van der Waals surface area contributed by atoms with E-state index in [9.17, 15) is 0 Å². The van der Waals surface area contributed by atoms with E-state index in [4.69, 9.17) is 4.42 Å². The van der Waals surface area contributed by atoms with Crippen molar-refractivity contribution in [1.82, 2.24) is 0 Å². The lowest BCUT2D eigenvalue weighted by Gasteiger charge is -2.07. The lowest BCUT2D eigenvalue weighted by atomic mass is 9.97. The van der Waals surface area contributed by atoms with Crippen LogP contribution in [0.2, 0.25) is 0 Å². The molecule has 0 unspecified atom stereocenters. The standard InChI is InChI=1S/C14H16O/c1-2-4-9-13-11(7-3-1)12-8-5-6-10-14(12)15-13/h5-6,8,10H,1-4,7,9H2. The molecule has 3 rings (SSSR count). The van der Waals surface area contributed by atoms with Crippen molar-refractivity contribution in [2.24, 2.45) is 0 Å². The van der Waals surface area contributed by atoms with Gasteiger partial charge < -0.3 is 4.42 Å². The molecule has 0 spiro atoms. The Morgan fingerprint density at radius 3 is 2.60 bits per heavy atom. The van der Waals surface area contributed by atoms with E-state index in [1.807, 2.05) is 0 Å². The van der Waals surface area contributed by atoms with Crippen LogP contribution in [-0.4, -0.2) is 0 Å². The first-order valence-electron chi connectivity index (χ1n) is 5.94. The van der Waals surface area contributed by atoms with E-state index in [2.05, 4.69) is 24.3 Å². The number of rotatable bonds is 0. The summed E-state index contributed by atoms with van der Waals surface area (Å²) in [6, 6.07) is 8.44. The van der Waals surface area contributed by atoms with E-state index >= 15 is 0 Å². The van der Waals surface area contributed by atoms with Gasteiger partial charge in [0.25, 0.3) is 0 Å². The lowest BCUT2D eigenvalue weighted by molar-refractivity contribution is 0.504. The molecule has 0 radical (unpaired) electrons. The molecule has 78 valence electrons. The molecule has 0 saturated carbocycles. The molecule has 1 heteroatoms. The zero-order chi connectivity index (χ0) is 10.1. The molecule has 0 fully saturated rings. The number of aryl methyl sites for hydroxylation is 2. The van der Waals surface area contributed by atoms with Gasteiger partial charge in [-0.05, 0) is 25.3 Å². The third-order valence-electron chi connectivity index (χ3n) is 3.36. The van der Waals surface area contributed by atoms with E-state index < -0.39 is 0 Å².